The van der Waals surface area contributed by atoms with E-state index in [9.17, 15) is 9.59 Å². The number of carbonyl (C=O) groups excluding carboxylic acids is 1. The van der Waals surface area contributed by atoms with Crippen molar-refractivity contribution in [3.8, 4) is 0 Å². The number of hydrogen-bond donors (Lipinski definition) is 2. The summed E-state index contributed by atoms with van der Waals surface area (Å²) in [6, 6.07) is 1.50. The number of carboxylic acid groups (broad SMARTS) is 1. The van der Waals surface area contributed by atoms with Gasteiger partial charge in [-0.3, -0.25) is 4.79 Å². The maximum Gasteiger partial charge on any atom is 0.338 e. The molecule has 1 aromatic rings. The van der Waals surface area contributed by atoms with Gasteiger partial charge in [0.05, 0.1) is 5.56 Å². The van der Waals surface area contributed by atoms with Crippen LogP contribution in [0.4, 0.5) is 5.00 Å². The van der Waals surface area contributed by atoms with E-state index in [-0.39, 0.29) is 22.8 Å². The van der Waals surface area contributed by atoms with Gasteiger partial charge in [0.2, 0.25) is 5.91 Å². The van der Waals surface area contributed by atoms with Crippen molar-refractivity contribution in [3.63, 3.8) is 0 Å². The zero-order valence-electron chi connectivity index (χ0n) is 11.1. The zero-order chi connectivity index (χ0) is 13.9. The first kappa shape index (κ1) is 14.7. The molecule has 100 valence electrons. The second kappa shape index (κ2) is 5.52. The molecule has 0 saturated carbocycles. The number of hydrogen-bond acceptors (Lipinski definition) is 3. The Morgan fingerprint density at radius 3 is 2.56 bits per heavy atom. The van der Waals surface area contributed by atoms with Crippen LogP contribution in [-0.2, 0) is 4.79 Å². The summed E-state index contributed by atoms with van der Waals surface area (Å²) in [5.41, 5.74) is 0.208. The van der Waals surface area contributed by atoms with E-state index in [0.717, 1.165) is 0 Å². The lowest BCUT2D eigenvalue weighted by molar-refractivity contribution is -0.117. The molecular formula is C13H19NO3S. The maximum atomic E-state index is 11.8. The Morgan fingerprint density at radius 1 is 1.44 bits per heavy atom. The van der Waals surface area contributed by atoms with Crippen LogP contribution in [0.3, 0.4) is 0 Å². The average Bonchev–Trinajstić information content (AvgIpc) is 2.63. The molecule has 1 unspecified atom stereocenters. The smallest absolute Gasteiger partial charge is 0.338 e. The van der Waals surface area contributed by atoms with Crippen molar-refractivity contribution in [2.45, 2.75) is 34.1 Å². The normalized spacial score (nSPS) is 13.1. The lowest BCUT2D eigenvalue weighted by atomic mass is 9.80. The van der Waals surface area contributed by atoms with Crippen LogP contribution < -0.4 is 5.32 Å². The Bertz CT molecular complexity index is 445. The summed E-state index contributed by atoms with van der Waals surface area (Å²) in [5.74, 6) is -0.927. The van der Waals surface area contributed by atoms with Crippen molar-refractivity contribution in [2.75, 3.05) is 5.32 Å². The zero-order valence-corrected chi connectivity index (χ0v) is 11.9. The molecule has 0 aliphatic rings. The molecule has 4 nitrogen and oxygen atoms in total. The second-order valence-corrected chi connectivity index (χ2v) is 6.40. The molecule has 0 saturated heterocycles. The van der Waals surface area contributed by atoms with Gasteiger partial charge in [0, 0.05) is 6.42 Å². The van der Waals surface area contributed by atoms with Gasteiger partial charge < -0.3 is 10.4 Å². The van der Waals surface area contributed by atoms with Crippen LogP contribution in [0.25, 0.3) is 0 Å². The van der Waals surface area contributed by atoms with Gasteiger partial charge in [-0.25, -0.2) is 4.79 Å². The summed E-state index contributed by atoms with van der Waals surface area (Å²) in [6.07, 6.45) is 0.389. The minimum Gasteiger partial charge on any atom is -0.478 e. The van der Waals surface area contributed by atoms with Crippen LogP contribution in [0.15, 0.2) is 11.4 Å². The fourth-order valence-electron chi connectivity index (χ4n) is 1.34. The highest BCUT2D eigenvalue weighted by molar-refractivity contribution is 7.14. The van der Waals surface area contributed by atoms with Crippen LogP contribution in [0.5, 0.6) is 0 Å². The highest BCUT2D eigenvalue weighted by atomic mass is 32.1. The summed E-state index contributed by atoms with van der Waals surface area (Å²) < 4.78 is 0. The first-order valence-corrected chi connectivity index (χ1v) is 6.70. The van der Waals surface area contributed by atoms with Crippen LogP contribution in [-0.4, -0.2) is 17.0 Å². The summed E-state index contributed by atoms with van der Waals surface area (Å²) in [6.45, 7) is 8.27. The predicted molar refractivity (Wildman–Crippen MR) is 73.1 cm³/mol. The maximum absolute atomic E-state index is 11.8. The van der Waals surface area contributed by atoms with Gasteiger partial charge in [-0.05, 0) is 22.8 Å². The Hall–Kier alpha value is -1.36. The van der Waals surface area contributed by atoms with Gasteiger partial charge >= 0.3 is 5.97 Å². The number of amides is 1. The molecule has 0 aliphatic heterocycles. The fraction of sp³-hybridized carbons (Fsp3) is 0.538. The summed E-state index contributed by atoms with van der Waals surface area (Å²) >= 11 is 1.23. The van der Waals surface area contributed by atoms with E-state index in [4.69, 9.17) is 5.11 Å². The molecule has 1 amide bonds. The fourth-order valence-corrected chi connectivity index (χ4v) is 2.13. The van der Waals surface area contributed by atoms with E-state index in [1.165, 1.54) is 17.4 Å². The van der Waals surface area contributed by atoms with Crippen molar-refractivity contribution >= 4 is 28.2 Å². The van der Waals surface area contributed by atoms with Crippen molar-refractivity contribution in [3.05, 3.63) is 17.0 Å². The number of carboxylic acids is 1. The van der Waals surface area contributed by atoms with E-state index >= 15 is 0 Å². The van der Waals surface area contributed by atoms with Gasteiger partial charge in [0.1, 0.15) is 5.00 Å². The summed E-state index contributed by atoms with van der Waals surface area (Å²) in [5, 5.41) is 13.7. The monoisotopic (exact) mass is 269 g/mol. The van der Waals surface area contributed by atoms with Gasteiger partial charge in [-0.1, -0.05) is 27.7 Å². The van der Waals surface area contributed by atoms with Crippen LogP contribution >= 0.6 is 11.3 Å². The van der Waals surface area contributed by atoms with Crippen molar-refractivity contribution in [1.29, 1.82) is 0 Å². The van der Waals surface area contributed by atoms with Crippen LogP contribution in [0.1, 0.15) is 44.5 Å². The average molecular weight is 269 g/mol. The van der Waals surface area contributed by atoms with E-state index in [0.29, 0.717) is 11.4 Å². The Labute approximate surface area is 111 Å². The lowest BCUT2D eigenvalue weighted by Gasteiger charge is -2.26. The molecule has 5 heteroatoms. The van der Waals surface area contributed by atoms with E-state index in [1.54, 1.807) is 5.38 Å². The lowest BCUT2D eigenvalue weighted by Crippen LogP contribution is -2.24. The molecule has 0 spiro atoms. The number of rotatable bonds is 4. The minimum atomic E-state index is -1.02. The number of anilines is 1. The quantitative estimate of drug-likeness (QED) is 0.879. The molecule has 18 heavy (non-hydrogen) atoms. The first-order chi connectivity index (χ1) is 8.21. The number of aromatic carboxylic acids is 1. The molecule has 0 aliphatic carbocycles. The van der Waals surface area contributed by atoms with E-state index in [2.05, 4.69) is 26.1 Å². The Balaban J connectivity index is 2.66. The van der Waals surface area contributed by atoms with E-state index in [1.807, 2.05) is 6.92 Å². The predicted octanol–water partition coefficient (Wildman–Crippen LogP) is 3.46. The first-order valence-electron chi connectivity index (χ1n) is 5.82. The van der Waals surface area contributed by atoms with Crippen molar-refractivity contribution in [1.82, 2.24) is 0 Å². The molecule has 0 bridgehead atoms. The highest BCUT2D eigenvalue weighted by Crippen LogP contribution is 2.29. The molecule has 0 fully saturated rings. The number of thiophene rings is 1. The minimum absolute atomic E-state index is 0.0580. The van der Waals surface area contributed by atoms with E-state index < -0.39 is 5.97 Å². The SMILES string of the molecule is CC(CC(=O)Nc1sccc1C(=O)O)C(C)(C)C. The van der Waals surface area contributed by atoms with Crippen LogP contribution in [0, 0.1) is 11.3 Å². The van der Waals surface area contributed by atoms with Crippen LogP contribution in [0.2, 0.25) is 0 Å². The topological polar surface area (TPSA) is 66.4 Å². The van der Waals surface area contributed by atoms with Gasteiger partial charge in [0.15, 0.2) is 0 Å². The Morgan fingerprint density at radius 2 is 2.06 bits per heavy atom. The third-order valence-electron chi connectivity index (χ3n) is 3.12. The third kappa shape index (κ3) is 3.84. The molecule has 1 heterocycles. The van der Waals surface area contributed by atoms with Crippen molar-refractivity contribution in [2.24, 2.45) is 11.3 Å². The standard InChI is InChI=1S/C13H19NO3S/c1-8(13(2,3)4)7-10(15)14-11-9(12(16)17)5-6-18-11/h5-6,8H,7H2,1-4H3,(H,14,15)(H,16,17). The summed E-state index contributed by atoms with van der Waals surface area (Å²) in [4.78, 5) is 22.7. The van der Waals surface area contributed by atoms with Crippen molar-refractivity contribution < 1.29 is 14.7 Å². The van der Waals surface area contributed by atoms with Gasteiger partial charge in [0.25, 0.3) is 0 Å². The van der Waals surface area contributed by atoms with Gasteiger partial charge in [-0.2, -0.15) is 0 Å². The molecule has 1 rings (SSSR count). The number of carbonyl (C=O) groups is 2. The van der Waals surface area contributed by atoms with Gasteiger partial charge in [-0.15, -0.1) is 11.3 Å². The second-order valence-electron chi connectivity index (χ2n) is 5.49. The highest BCUT2D eigenvalue weighted by Gasteiger charge is 2.23. The Kier molecular flexibility index (Phi) is 4.51. The molecule has 0 radical (unpaired) electrons. The molecule has 2 N–H and O–H groups in total. The molecule has 1 atom stereocenters. The largest absolute Gasteiger partial charge is 0.478 e. The molecular weight excluding hydrogens is 250 g/mol. The molecule has 0 aromatic carbocycles. The molecule has 1 aromatic heterocycles. The number of nitrogens with one attached hydrogen (secondary N) is 1. The summed E-state index contributed by atoms with van der Waals surface area (Å²) in [7, 11) is 0. The third-order valence-corrected chi connectivity index (χ3v) is 3.95.